The Bertz CT molecular complexity index is 573. The normalized spacial score (nSPS) is 22.0. The maximum absolute atomic E-state index is 11.3. The third-order valence-electron chi connectivity index (χ3n) is 2.89. The molecule has 1 aromatic rings. The van der Waals surface area contributed by atoms with E-state index in [-0.39, 0.29) is 17.5 Å². The van der Waals surface area contributed by atoms with E-state index in [0.29, 0.717) is 12.0 Å². The molecule has 4 nitrogen and oxygen atoms in total. The van der Waals surface area contributed by atoms with Gasteiger partial charge in [-0.1, -0.05) is 6.07 Å². The van der Waals surface area contributed by atoms with Crippen molar-refractivity contribution in [3.05, 3.63) is 29.3 Å². The van der Waals surface area contributed by atoms with Gasteiger partial charge < -0.3 is 5.32 Å². The molecule has 0 radical (unpaired) electrons. The van der Waals surface area contributed by atoms with Crippen molar-refractivity contribution in [3.8, 4) is 6.07 Å². The molecular formula is C12H14N2O2S. The van der Waals surface area contributed by atoms with E-state index in [1.54, 1.807) is 6.07 Å². The molecule has 1 aliphatic heterocycles. The molecule has 1 fully saturated rings. The summed E-state index contributed by atoms with van der Waals surface area (Å²) < 4.78 is 22.7. The molecule has 90 valence electrons. The highest BCUT2D eigenvalue weighted by molar-refractivity contribution is 7.91. The lowest BCUT2D eigenvalue weighted by Gasteiger charge is -2.13. The van der Waals surface area contributed by atoms with Crippen LogP contribution in [0.15, 0.2) is 18.2 Å². The summed E-state index contributed by atoms with van der Waals surface area (Å²) in [4.78, 5) is 0. The molecule has 1 aliphatic rings. The lowest BCUT2D eigenvalue weighted by atomic mass is 10.1. The number of benzene rings is 1. The van der Waals surface area contributed by atoms with Crippen LogP contribution in [-0.4, -0.2) is 26.0 Å². The average molecular weight is 250 g/mol. The zero-order valence-electron chi connectivity index (χ0n) is 9.60. The van der Waals surface area contributed by atoms with Crippen LogP contribution in [0.5, 0.6) is 0 Å². The maximum atomic E-state index is 11.3. The van der Waals surface area contributed by atoms with Gasteiger partial charge in [0, 0.05) is 6.04 Å². The number of nitriles is 1. The van der Waals surface area contributed by atoms with Crippen molar-refractivity contribution in [1.29, 1.82) is 5.26 Å². The molecule has 1 saturated heterocycles. The SMILES string of the molecule is Cc1ccc(NC2CCS(=O)(=O)C2)c(C#N)c1. The van der Waals surface area contributed by atoms with Crippen molar-refractivity contribution in [1.82, 2.24) is 0 Å². The third-order valence-corrected chi connectivity index (χ3v) is 4.66. The van der Waals surface area contributed by atoms with Crippen LogP contribution < -0.4 is 5.32 Å². The summed E-state index contributed by atoms with van der Waals surface area (Å²) in [6.07, 6.45) is 0.612. The fourth-order valence-electron chi connectivity index (χ4n) is 2.01. The van der Waals surface area contributed by atoms with Crippen molar-refractivity contribution in [2.75, 3.05) is 16.8 Å². The van der Waals surface area contributed by atoms with E-state index in [1.165, 1.54) is 0 Å². The summed E-state index contributed by atoms with van der Waals surface area (Å²) in [5.41, 5.74) is 2.31. The van der Waals surface area contributed by atoms with Gasteiger partial charge in [0.25, 0.3) is 0 Å². The second-order valence-electron chi connectivity index (χ2n) is 4.41. The number of hydrogen-bond acceptors (Lipinski definition) is 4. The largest absolute Gasteiger partial charge is 0.380 e. The third kappa shape index (κ3) is 2.77. The topological polar surface area (TPSA) is 70.0 Å². The maximum Gasteiger partial charge on any atom is 0.152 e. The van der Waals surface area contributed by atoms with Crippen LogP contribution in [0.25, 0.3) is 0 Å². The Hall–Kier alpha value is -1.54. The first-order chi connectivity index (χ1) is 8.00. The molecule has 0 aliphatic carbocycles. The van der Waals surface area contributed by atoms with Crippen LogP contribution in [0.1, 0.15) is 17.5 Å². The molecule has 0 spiro atoms. The second kappa shape index (κ2) is 4.38. The Morgan fingerprint density at radius 2 is 2.24 bits per heavy atom. The molecule has 0 saturated carbocycles. The van der Waals surface area contributed by atoms with E-state index in [2.05, 4.69) is 11.4 Å². The van der Waals surface area contributed by atoms with E-state index < -0.39 is 9.84 Å². The predicted octanol–water partition coefficient (Wildman–Crippen LogP) is 1.47. The predicted molar refractivity (Wildman–Crippen MR) is 66.6 cm³/mol. The van der Waals surface area contributed by atoms with Gasteiger partial charge in [0.05, 0.1) is 22.8 Å². The van der Waals surface area contributed by atoms with Crippen LogP contribution in [0.4, 0.5) is 5.69 Å². The van der Waals surface area contributed by atoms with Gasteiger partial charge in [-0.05, 0) is 31.0 Å². The first-order valence-electron chi connectivity index (χ1n) is 5.48. The minimum atomic E-state index is -2.89. The summed E-state index contributed by atoms with van der Waals surface area (Å²) in [6.45, 7) is 1.92. The van der Waals surface area contributed by atoms with Crippen LogP contribution >= 0.6 is 0 Å². The standard InChI is InChI=1S/C12H14N2O2S/c1-9-2-3-12(10(6-9)7-13)14-11-4-5-17(15,16)8-11/h2-3,6,11,14H,4-5,8H2,1H3. The zero-order valence-corrected chi connectivity index (χ0v) is 10.4. The quantitative estimate of drug-likeness (QED) is 0.862. The van der Waals surface area contributed by atoms with E-state index >= 15 is 0 Å². The van der Waals surface area contributed by atoms with Gasteiger partial charge in [-0.25, -0.2) is 8.42 Å². The van der Waals surface area contributed by atoms with Crippen molar-refractivity contribution >= 4 is 15.5 Å². The number of sulfone groups is 1. The number of rotatable bonds is 2. The molecule has 1 N–H and O–H groups in total. The van der Waals surface area contributed by atoms with E-state index in [9.17, 15) is 8.42 Å². The molecular weight excluding hydrogens is 236 g/mol. The lowest BCUT2D eigenvalue weighted by molar-refractivity contribution is 0.602. The highest BCUT2D eigenvalue weighted by Crippen LogP contribution is 2.21. The van der Waals surface area contributed by atoms with Crippen LogP contribution in [0.2, 0.25) is 0 Å². The van der Waals surface area contributed by atoms with Crippen molar-refractivity contribution in [3.63, 3.8) is 0 Å². The molecule has 1 atom stereocenters. The van der Waals surface area contributed by atoms with Crippen LogP contribution in [-0.2, 0) is 9.84 Å². The van der Waals surface area contributed by atoms with E-state index in [1.807, 2.05) is 19.1 Å². The van der Waals surface area contributed by atoms with Gasteiger partial charge in [-0.3, -0.25) is 0 Å². The van der Waals surface area contributed by atoms with Crippen molar-refractivity contribution < 1.29 is 8.42 Å². The van der Waals surface area contributed by atoms with E-state index in [0.717, 1.165) is 11.3 Å². The van der Waals surface area contributed by atoms with Gasteiger partial charge in [0.1, 0.15) is 6.07 Å². The minimum absolute atomic E-state index is 0.0743. The lowest BCUT2D eigenvalue weighted by Crippen LogP contribution is -2.21. The number of hydrogen-bond donors (Lipinski definition) is 1. The molecule has 17 heavy (non-hydrogen) atoms. The molecule has 0 amide bonds. The number of aryl methyl sites for hydroxylation is 1. The van der Waals surface area contributed by atoms with Crippen molar-refractivity contribution in [2.45, 2.75) is 19.4 Å². The minimum Gasteiger partial charge on any atom is -0.380 e. The molecule has 1 heterocycles. The zero-order chi connectivity index (χ0) is 12.5. The first kappa shape index (κ1) is 11.9. The summed E-state index contributed by atoms with van der Waals surface area (Å²) in [5, 5.41) is 12.2. The first-order valence-corrected chi connectivity index (χ1v) is 7.30. The molecule has 1 aromatic carbocycles. The fourth-order valence-corrected chi connectivity index (χ4v) is 3.68. The smallest absolute Gasteiger partial charge is 0.152 e. The molecule has 2 rings (SSSR count). The Morgan fingerprint density at radius 1 is 1.47 bits per heavy atom. The molecule has 0 bridgehead atoms. The Labute approximate surface area is 101 Å². The van der Waals surface area contributed by atoms with Gasteiger partial charge in [-0.2, -0.15) is 5.26 Å². The average Bonchev–Trinajstić information content (AvgIpc) is 2.61. The summed E-state index contributed by atoms with van der Waals surface area (Å²) in [7, 11) is -2.89. The number of nitrogens with zero attached hydrogens (tertiary/aromatic N) is 1. The number of nitrogens with one attached hydrogen (secondary N) is 1. The highest BCUT2D eigenvalue weighted by atomic mass is 32.2. The van der Waals surface area contributed by atoms with E-state index in [4.69, 9.17) is 5.26 Å². The Balaban J connectivity index is 2.18. The van der Waals surface area contributed by atoms with Crippen molar-refractivity contribution in [2.24, 2.45) is 0 Å². The summed E-state index contributed by atoms with van der Waals surface area (Å²) in [6, 6.07) is 7.58. The molecule has 5 heteroatoms. The summed E-state index contributed by atoms with van der Waals surface area (Å²) in [5.74, 6) is 0.393. The van der Waals surface area contributed by atoms with Gasteiger partial charge in [-0.15, -0.1) is 0 Å². The summed E-state index contributed by atoms with van der Waals surface area (Å²) >= 11 is 0. The van der Waals surface area contributed by atoms with Crippen LogP contribution in [0.3, 0.4) is 0 Å². The van der Waals surface area contributed by atoms with Gasteiger partial charge in [0.2, 0.25) is 0 Å². The fraction of sp³-hybridized carbons (Fsp3) is 0.417. The second-order valence-corrected chi connectivity index (χ2v) is 6.63. The van der Waals surface area contributed by atoms with Gasteiger partial charge >= 0.3 is 0 Å². The Kier molecular flexibility index (Phi) is 3.07. The monoisotopic (exact) mass is 250 g/mol. The Morgan fingerprint density at radius 3 is 2.82 bits per heavy atom. The number of anilines is 1. The molecule has 0 aromatic heterocycles. The van der Waals surface area contributed by atoms with Gasteiger partial charge in [0.15, 0.2) is 9.84 Å². The molecule has 1 unspecified atom stereocenters. The highest BCUT2D eigenvalue weighted by Gasteiger charge is 2.28. The van der Waals surface area contributed by atoms with Crippen LogP contribution in [0, 0.1) is 18.3 Å².